The van der Waals surface area contributed by atoms with E-state index < -0.39 is 5.91 Å². The van der Waals surface area contributed by atoms with E-state index in [1.165, 1.54) is 6.08 Å². The maximum Gasteiger partial charge on any atom is 0.248 e. The highest BCUT2D eigenvalue weighted by molar-refractivity contribution is 6.02. The molecule has 0 aliphatic carbocycles. The van der Waals surface area contributed by atoms with E-state index in [0.717, 1.165) is 11.1 Å². The second kappa shape index (κ2) is 7.19. The summed E-state index contributed by atoms with van der Waals surface area (Å²) in [5.41, 5.74) is 7.70. The summed E-state index contributed by atoms with van der Waals surface area (Å²) < 4.78 is 0. The summed E-state index contributed by atoms with van der Waals surface area (Å²) in [6, 6.07) is 13.6. The molecule has 2 rings (SSSR count). The van der Waals surface area contributed by atoms with E-state index >= 15 is 0 Å². The first-order chi connectivity index (χ1) is 10.6. The highest BCUT2D eigenvalue weighted by Crippen LogP contribution is 2.11. The predicted molar refractivity (Wildman–Crippen MR) is 85.0 cm³/mol. The van der Waals surface area contributed by atoms with Gasteiger partial charge in [-0.25, -0.2) is 0 Å². The van der Waals surface area contributed by atoms with Gasteiger partial charge in [-0.1, -0.05) is 24.3 Å². The lowest BCUT2D eigenvalue weighted by Gasteiger charge is -2.03. The molecule has 0 atom stereocenters. The number of carbonyl (C=O) groups excluding carboxylic acids is 2. The third-order valence-electron chi connectivity index (χ3n) is 3.00. The molecule has 4 N–H and O–H groups in total. The van der Waals surface area contributed by atoms with E-state index in [1.54, 1.807) is 54.6 Å². The number of rotatable bonds is 5. The quantitative estimate of drug-likeness (QED) is 0.736. The van der Waals surface area contributed by atoms with Gasteiger partial charge in [-0.05, 0) is 41.5 Å². The molecule has 0 aromatic heterocycles. The van der Waals surface area contributed by atoms with Crippen LogP contribution in [0.15, 0.2) is 54.6 Å². The van der Waals surface area contributed by atoms with Crippen molar-refractivity contribution in [2.45, 2.75) is 6.61 Å². The molecule has 0 aliphatic heterocycles. The first-order valence-corrected chi connectivity index (χ1v) is 6.67. The number of nitrogens with two attached hydrogens (primary N) is 1. The Morgan fingerprint density at radius 1 is 1.14 bits per heavy atom. The van der Waals surface area contributed by atoms with Crippen molar-refractivity contribution in [1.29, 1.82) is 0 Å². The van der Waals surface area contributed by atoms with Crippen molar-refractivity contribution in [3.05, 3.63) is 71.3 Å². The molecular weight excluding hydrogens is 280 g/mol. The fourth-order valence-corrected chi connectivity index (χ4v) is 1.86. The molecule has 5 nitrogen and oxygen atoms in total. The zero-order valence-electron chi connectivity index (χ0n) is 11.8. The topological polar surface area (TPSA) is 92.4 Å². The van der Waals surface area contributed by atoms with E-state index in [0.29, 0.717) is 11.3 Å². The van der Waals surface area contributed by atoms with Crippen LogP contribution in [0.25, 0.3) is 6.08 Å². The Balaban J connectivity index is 2.00. The number of amides is 2. The van der Waals surface area contributed by atoms with Gasteiger partial charge in [0.05, 0.1) is 6.61 Å². The SMILES string of the molecule is NC(=O)c1ccc(/C=C/C(=O)Nc2cccc(CO)c2)cc1. The molecule has 2 aromatic carbocycles. The van der Waals surface area contributed by atoms with E-state index in [9.17, 15) is 9.59 Å². The molecule has 0 saturated heterocycles. The van der Waals surface area contributed by atoms with Crippen molar-refractivity contribution in [2.75, 3.05) is 5.32 Å². The van der Waals surface area contributed by atoms with E-state index in [1.807, 2.05) is 0 Å². The third-order valence-corrected chi connectivity index (χ3v) is 3.00. The Kier molecular flexibility index (Phi) is 5.06. The van der Waals surface area contributed by atoms with Crippen molar-refractivity contribution in [3.63, 3.8) is 0 Å². The van der Waals surface area contributed by atoms with Crippen LogP contribution in [0.3, 0.4) is 0 Å². The minimum Gasteiger partial charge on any atom is -0.392 e. The number of carbonyl (C=O) groups is 2. The maximum absolute atomic E-state index is 11.8. The number of hydrogen-bond acceptors (Lipinski definition) is 3. The van der Waals surface area contributed by atoms with Crippen LogP contribution >= 0.6 is 0 Å². The summed E-state index contributed by atoms with van der Waals surface area (Å²) in [7, 11) is 0. The van der Waals surface area contributed by atoms with Crippen LogP contribution in [0.2, 0.25) is 0 Å². The smallest absolute Gasteiger partial charge is 0.248 e. The van der Waals surface area contributed by atoms with Crippen molar-refractivity contribution in [3.8, 4) is 0 Å². The second-order valence-electron chi connectivity index (χ2n) is 4.67. The van der Waals surface area contributed by atoms with Crippen LogP contribution in [0, 0.1) is 0 Å². The van der Waals surface area contributed by atoms with Gasteiger partial charge in [-0.3, -0.25) is 9.59 Å². The minimum atomic E-state index is -0.489. The molecular formula is C17H16N2O3. The summed E-state index contributed by atoms with van der Waals surface area (Å²) in [6.45, 7) is -0.0776. The monoisotopic (exact) mass is 296 g/mol. The fourth-order valence-electron chi connectivity index (χ4n) is 1.86. The van der Waals surface area contributed by atoms with Gasteiger partial charge in [0.25, 0.3) is 0 Å². The van der Waals surface area contributed by atoms with Crippen molar-refractivity contribution < 1.29 is 14.7 Å². The van der Waals surface area contributed by atoms with Gasteiger partial charge in [0.15, 0.2) is 0 Å². The van der Waals surface area contributed by atoms with Crippen LogP contribution in [0.1, 0.15) is 21.5 Å². The average Bonchev–Trinajstić information content (AvgIpc) is 2.53. The predicted octanol–water partition coefficient (Wildman–Crippen LogP) is 1.93. The maximum atomic E-state index is 11.8. The molecule has 0 unspecified atom stereocenters. The molecule has 112 valence electrons. The molecule has 0 fully saturated rings. The summed E-state index contributed by atoms with van der Waals surface area (Å²) in [4.78, 5) is 22.8. The zero-order chi connectivity index (χ0) is 15.9. The number of benzene rings is 2. The molecule has 0 saturated carbocycles. The molecule has 0 aliphatic rings. The highest BCUT2D eigenvalue weighted by Gasteiger charge is 2.00. The Labute approximate surface area is 128 Å². The molecule has 0 radical (unpaired) electrons. The molecule has 2 amide bonds. The summed E-state index contributed by atoms with van der Waals surface area (Å²) in [5, 5.41) is 11.8. The first kappa shape index (κ1) is 15.5. The van der Waals surface area contributed by atoms with Gasteiger partial charge in [-0.15, -0.1) is 0 Å². The van der Waals surface area contributed by atoms with E-state index in [-0.39, 0.29) is 12.5 Å². The Bertz CT molecular complexity index is 706. The number of nitrogens with one attached hydrogen (secondary N) is 1. The van der Waals surface area contributed by atoms with Gasteiger partial charge in [0, 0.05) is 17.3 Å². The lowest BCUT2D eigenvalue weighted by Crippen LogP contribution is -2.10. The van der Waals surface area contributed by atoms with Gasteiger partial charge in [-0.2, -0.15) is 0 Å². The lowest BCUT2D eigenvalue weighted by atomic mass is 10.1. The van der Waals surface area contributed by atoms with Crippen LogP contribution in [-0.4, -0.2) is 16.9 Å². The van der Waals surface area contributed by atoms with Crippen molar-refractivity contribution in [1.82, 2.24) is 0 Å². The normalized spacial score (nSPS) is 10.6. The molecule has 22 heavy (non-hydrogen) atoms. The summed E-state index contributed by atoms with van der Waals surface area (Å²) >= 11 is 0. The Morgan fingerprint density at radius 2 is 1.86 bits per heavy atom. The van der Waals surface area contributed by atoms with Crippen LogP contribution in [0.4, 0.5) is 5.69 Å². The number of aliphatic hydroxyl groups excluding tert-OH is 1. The molecule has 2 aromatic rings. The zero-order valence-corrected chi connectivity index (χ0v) is 11.8. The van der Waals surface area contributed by atoms with Crippen LogP contribution in [0.5, 0.6) is 0 Å². The van der Waals surface area contributed by atoms with Gasteiger partial charge in [0.1, 0.15) is 0 Å². The molecule has 5 heteroatoms. The number of anilines is 1. The van der Waals surface area contributed by atoms with E-state index in [4.69, 9.17) is 10.8 Å². The number of aliphatic hydroxyl groups is 1. The lowest BCUT2D eigenvalue weighted by molar-refractivity contribution is -0.111. The standard InChI is InChI=1S/C17H16N2O3/c18-17(22)14-7-4-12(5-8-14)6-9-16(21)19-15-3-1-2-13(10-15)11-20/h1-10,20H,11H2,(H2,18,22)(H,19,21)/b9-6+. The van der Waals surface area contributed by atoms with Crippen LogP contribution < -0.4 is 11.1 Å². The Hall–Kier alpha value is -2.92. The first-order valence-electron chi connectivity index (χ1n) is 6.67. The van der Waals surface area contributed by atoms with Crippen molar-refractivity contribution >= 4 is 23.6 Å². The molecule has 0 spiro atoms. The third kappa shape index (κ3) is 4.29. The second-order valence-corrected chi connectivity index (χ2v) is 4.67. The molecule has 0 heterocycles. The average molecular weight is 296 g/mol. The summed E-state index contributed by atoms with van der Waals surface area (Å²) in [5.74, 6) is -0.772. The van der Waals surface area contributed by atoms with Crippen molar-refractivity contribution in [2.24, 2.45) is 5.73 Å². The number of hydrogen-bond donors (Lipinski definition) is 3. The summed E-state index contributed by atoms with van der Waals surface area (Å²) in [6.07, 6.45) is 3.03. The largest absolute Gasteiger partial charge is 0.392 e. The van der Waals surface area contributed by atoms with E-state index in [2.05, 4.69) is 5.32 Å². The van der Waals surface area contributed by atoms with Crippen LogP contribution in [-0.2, 0) is 11.4 Å². The van der Waals surface area contributed by atoms with Gasteiger partial charge >= 0.3 is 0 Å². The highest BCUT2D eigenvalue weighted by atomic mass is 16.3. The molecule has 0 bridgehead atoms. The van der Waals surface area contributed by atoms with Gasteiger partial charge < -0.3 is 16.2 Å². The fraction of sp³-hybridized carbons (Fsp3) is 0.0588. The van der Waals surface area contributed by atoms with Gasteiger partial charge in [0.2, 0.25) is 11.8 Å². The number of primary amides is 1. The minimum absolute atomic E-state index is 0.0776. The Morgan fingerprint density at radius 3 is 2.50 bits per heavy atom.